The van der Waals surface area contributed by atoms with Crippen LogP contribution in [-0.2, 0) is 20.1 Å². The van der Waals surface area contributed by atoms with E-state index in [2.05, 4.69) is 27.4 Å². The molecule has 2 aromatic rings. The van der Waals surface area contributed by atoms with Crippen molar-refractivity contribution >= 4 is 17.3 Å². The summed E-state index contributed by atoms with van der Waals surface area (Å²) in [5.74, 6) is 0.624. The van der Waals surface area contributed by atoms with Crippen molar-refractivity contribution in [1.82, 2.24) is 24.5 Å². The fourth-order valence-electron chi connectivity index (χ4n) is 1.69. The second-order valence-corrected chi connectivity index (χ2v) is 4.82. The highest BCUT2D eigenvalue weighted by Crippen LogP contribution is 2.15. The molecule has 2 heterocycles. The van der Waals surface area contributed by atoms with Gasteiger partial charge in [-0.15, -0.1) is 0 Å². The van der Waals surface area contributed by atoms with Gasteiger partial charge in [-0.05, 0) is 6.42 Å². The molecule has 0 aliphatic heterocycles. The molecule has 0 unspecified atom stereocenters. The summed E-state index contributed by atoms with van der Waals surface area (Å²) in [7, 11) is 1.79. The highest BCUT2D eigenvalue weighted by molar-refractivity contribution is 6.32. The van der Waals surface area contributed by atoms with Crippen molar-refractivity contribution in [2.45, 2.75) is 32.9 Å². The van der Waals surface area contributed by atoms with Gasteiger partial charge in [0.1, 0.15) is 11.3 Å². The average molecular weight is 297 g/mol. The molecule has 0 amide bonds. The van der Waals surface area contributed by atoms with Crippen molar-refractivity contribution in [3.05, 3.63) is 33.7 Å². The van der Waals surface area contributed by atoms with Gasteiger partial charge < -0.3 is 5.32 Å². The van der Waals surface area contributed by atoms with E-state index >= 15 is 0 Å². The summed E-state index contributed by atoms with van der Waals surface area (Å²) >= 11 is 6.07. The van der Waals surface area contributed by atoms with Crippen LogP contribution in [0, 0.1) is 0 Å². The molecule has 1 N–H and O–H groups in total. The Morgan fingerprint density at radius 2 is 2.25 bits per heavy atom. The van der Waals surface area contributed by atoms with Crippen LogP contribution in [0.2, 0.25) is 5.02 Å². The topological polar surface area (TPSA) is 77.6 Å². The number of hydrogen-bond donors (Lipinski definition) is 1. The van der Waals surface area contributed by atoms with Crippen molar-refractivity contribution in [2.75, 3.05) is 5.32 Å². The molecule has 2 aromatic heterocycles. The van der Waals surface area contributed by atoms with Gasteiger partial charge in [0.05, 0.1) is 18.4 Å². The molecule has 0 spiro atoms. The van der Waals surface area contributed by atoms with Crippen LogP contribution in [0.5, 0.6) is 0 Å². The van der Waals surface area contributed by atoms with E-state index in [1.54, 1.807) is 24.3 Å². The van der Waals surface area contributed by atoms with Crippen molar-refractivity contribution in [1.29, 1.82) is 0 Å². The van der Waals surface area contributed by atoms with Crippen LogP contribution in [0.15, 0.2) is 17.3 Å². The fraction of sp³-hybridized carbons (Fsp3) is 0.500. The van der Waals surface area contributed by atoms with Gasteiger partial charge in [0.25, 0.3) is 5.56 Å². The molecule has 108 valence electrons. The Kier molecular flexibility index (Phi) is 4.73. The van der Waals surface area contributed by atoms with Crippen LogP contribution < -0.4 is 10.9 Å². The fourth-order valence-corrected chi connectivity index (χ4v) is 1.91. The summed E-state index contributed by atoms with van der Waals surface area (Å²) in [6.45, 7) is 3.03. The summed E-state index contributed by atoms with van der Waals surface area (Å²) in [4.78, 5) is 16.1. The highest BCUT2D eigenvalue weighted by Gasteiger charge is 2.09. The second kappa shape index (κ2) is 6.51. The SMILES string of the molecule is CCCCn1ncc(NCc2ncn(C)n2)c(Cl)c1=O. The quantitative estimate of drug-likeness (QED) is 0.872. The van der Waals surface area contributed by atoms with Crippen LogP contribution >= 0.6 is 11.6 Å². The van der Waals surface area contributed by atoms with Gasteiger partial charge in [-0.25, -0.2) is 9.67 Å². The molecule has 0 atom stereocenters. The van der Waals surface area contributed by atoms with Crippen LogP contribution in [-0.4, -0.2) is 24.5 Å². The first-order valence-corrected chi connectivity index (χ1v) is 6.83. The van der Waals surface area contributed by atoms with Gasteiger partial charge in [0, 0.05) is 13.6 Å². The van der Waals surface area contributed by atoms with Crippen molar-refractivity contribution in [2.24, 2.45) is 7.05 Å². The summed E-state index contributed by atoms with van der Waals surface area (Å²) in [5, 5.41) is 11.4. The van der Waals surface area contributed by atoms with Crippen LogP contribution in [0.3, 0.4) is 0 Å². The third-order valence-electron chi connectivity index (χ3n) is 2.79. The lowest BCUT2D eigenvalue weighted by molar-refractivity contribution is 0.543. The third-order valence-corrected chi connectivity index (χ3v) is 3.16. The summed E-state index contributed by atoms with van der Waals surface area (Å²) in [5.41, 5.74) is 0.218. The van der Waals surface area contributed by atoms with Crippen molar-refractivity contribution in [3.8, 4) is 0 Å². The zero-order valence-electron chi connectivity index (χ0n) is 11.5. The van der Waals surface area contributed by atoms with E-state index in [-0.39, 0.29) is 10.6 Å². The molecular formula is C12H17ClN6O. The molecule has 0 aliphatic rings. The number of rotatable bonds is 6. The molecule has 20 heavy (non-hydrogen) atoms. The Bertz CT molecular complexity index is 635. The molecule has 0 bridgehead atoms. The molecule has 7 nitrogen and oxygen atoms in total. The Hall–Kier alpha value is -1.89. The van der Waals surface area contributed by atoms with Crippen LogP contribution in [0.1, 0.15) is 25.6 Å². The summed E-state index contributed by atoms with van der Waals surface area (Å²) < 4.78 is 3.00. The van der Waals surface area contributed by atoms with Gasteiger partial charge in [-0.3, -0.25) is 9.48 Å². The molecular weight excluding hydrogens is 280 g/mol. The van der Waals surface area contributed by atoms with Gasteiger partial charge in [-0.1, -0.05) is 24.9 Å². The minimum atomic E-state index is -0.279. The Morgan fingerprint density at radius 1 is 1.45 bits per heavy atom. The minimum absolute atomic E-state index is 0.145. The predicted molar refractivity (Wildman–Crippen MR) is 76.7 cm³/mol. The van der Waals surface area contributed by atoms with E-state index < -0.39 is 0 Å². The maximum Gasteiger partial charge on any atom is 0.287 e. The molecule has 0 saturated carbocycles. The molecule has 0 saturated heterocycles. The zero-order chi connectivity index (χ0) is 14.5. The predicted octanol–water partition coefficient (Wildman–Crippen LogP) is 1.44. The molecule has 0 radical (unpaired) electrons. The smallest absolute Gasteiger partial charge is 0.287 e. The minimum Gasteiger partial charge on any atom is -0.375 e. The number of halogens is 1. The van der Waals surface area contributed by atoms with E-state index in [1.807, 2.05) is 0 Å². The number of hydrogen-bond acceptors (Lipinski definition) is 5. The number of aromatic nitrogens is 5. The lowest BCUT2D eigenvalue weighted by atomic mass is 10.3. The lowest BCUT2D eigenvalue weighted by Gasteiger charge is -2.08. The molecule has 0 aromatic carbocycles. The third kappa shape index (κ3) is 3.36. The number of aryl methyl sites for hydroxylation is 2. The van der Waals surface area contributed by atoms with E-state index in [0.29, 0.717) is 24.6 Å². The average Bonchev–Trinajstić information content (AvgIpc) is 2.85. The summed E-state index contributed by atoms with van der Waals surface area (Å²) in [6, 6.07) is 0. The first-order chi connectivity index (χ1) is 9.61. The maximum absolute atomic E-state index is 12.0. The Balaban J connectivity index is 2.09. The van der Waals surface area contributed by atoms with Crippen LogP contribution in [0.4, 0.5) is 5.69 Å². The van der Waals surface area contributed by atoms with Gasteiger partial charge in [-0.2, -0.15) is 10.2 Å². The molecule has 0 fully saturated rings. The van der Waals surface area contributed by atoms with E-state index in [9.17, 15) is 4.79 Å². The largest absolute Gasteiger partial charge is 0.375 e. The monoisotopic (exact) mass is 296 g/mol. The first-order valence-electron chi connectivity index (χ1n) is 6.45. The van der Waals surface area contributed by atoms with E-state index in [1.165, 1.54) is 4.68 Å². The number of nitrogens with one attached hydrogen (secondary N) is 1. The lowest BCUT2D eigenvalue weighted by Crippen LogP contribution is -2.24. The number of anilines is 1. The Labute approximate surface area is 121 Å². The number of nitrogens with zero attached hydrogens (tertiary/aromatic N) is 5. The van der Waals surface area contributed by atoms with Crippen molar-refractivity contribution in [3.63, 3.8) is 0 Å². The Morgan fingerprint density at radius 3 is 2.90 bits per heavy atom. The van der Waals surface area contributed by atoms with Crippen molar-refractivity contribution < 1.29 is 0 Å². The normalized spacial score (nSPS) is 10.8. The first kappa shape index (κ1) is 14.5. The molecule has 8 heteroatoms. The van der Waals surface area contributed by atoms with E-state index in [4.69, 9.17) is 11.6 Å². The van der Waals surface area contributed by atoms with Gasteiger partial charge in [0.2, 0.25) is 0 Å². The molecule has 2 rings (SSSR count). The van der Waals surface area contributed by atoms with Gasteiger partial charge >= 0.3 is 0 Å². The summed E-state index contributed by atoms with van der Waals surface area (Å²) in [6.07, 6.45) is 5.06. The standard InChI is InChI=1S/C12H17ClN6O/c1-3-4-5-19-12(20)11(13)9(6-16-19)14-7-10-15-8-18(2)17-10/h6,8,14H,3-5,7H2,1-2H3. The van der Waals surface area contributed by atoms with Crippen LogP contribution in [0.25, 0.3) is 0 Å². The van der Waals surface area contributed by atoms with Gasteiger partial charge in [0.15, 0.2) is 5.82 Å². The molecule has 0 aliphatic carbocycles. The highest BCUT2D eigenvalue weighted by atomic mass is 35.5. The second-order valence-electron chi connectivity index (χ2n) is 4.44. The zero-order valence-corrected chi connectivity index (χ0v) is 12.3. The van der Waals surface area contributed by atoms with E-state index in [0.717, 1.165) is 12.8 Å². The maximum atomic E-state index is 12.0. The number of unbranched alkanes of at least 4 members (excludes halogenated alkanes) is 1.